The van der Waals surface area contributed by atoms with E-state index in [4.69, 9.17) is 9.47 Å². The number of likely N-dealkylation sites (N-methyl/N-ethyl adjacent to an activating group) is 1. The van der Waals surface area contributed by atoms with E-state index >= 15 is 0 Å². The number of amides is 2. The topological polar surface area (TPSA) is 99.8 Å². The molecule has 1 aliphatic heterocycles. The van der Waals surface area contributed by atoms with E-state index in [2.05, 4.69) is 15.5 Å². The van der Waals surface area contributed by atoms with E-state index in [1.165, 1.54) is 7.11 Å². The Morgan fingerprint density at radius 2 is 1.94 bits per heavy atom. The lowest BCUT2D eigenvalue weighted by atomic mass is 10.0. The third-order valence-corrected chi connectivity index (χ3v) is 5.92. The highest BCUT2D eigenvalue weighted by Crippen LogP contribution is 2.41. The van der Waals surface area contributed by atoms with Gasteiger partial charge in [-0.3, -0.25) is 14.8 Å². The van der Waals surface area contributed by atoms with E-state index in [1.807, 2.05) is 63.2 Å². The first kappa shape index (κ1) is 23.7. The molecule has 0 saturated heterocycles. The first-order chi connectivity index (χ1) is 15.0. The zero-order valence-corrected chi connectivity index (χ0v) is 19.9. The third-order valence-electron chi connectivity index (χ3n) is 5.92. The van der Waals surface area contributed by atoms with E-state index < -0.39 is 23.3 Å². The van der Waals surface area contributed by atoms with Crippen LogP contribution < -0.4 is 5.32 Å². The first-order valence-corrected chi connectivity index (χ1v) is 10.6. The average molecular weight is 444 g/mol. The van der Waals surface area contributed by atoms with Gasteiger partial charge in [0.15, 0.2) is 5.82 Å². The monoisotopic (exact) mass is 443 g/mol. The van der Waals surface area contributed by atoms with Crippen LogP contribution in [0.15, 0.2) is 30.3 Å². The summed E-state index contributed by atoms with van der Waals surface area (Å²) in [5, 5.41) is 10.1. The summed E-state index contributed by atoms with van der Waals surface area (Å²) >= 11 is 0. The molecule has 2 aromatic rings. The quantitative estimate of drug-likeness (QED) is 0.681. The minimum atomic E-state index is -1.01. The smallest absolute Gasteiger partial charge is 0.411 e. The number of rotatable bonds is 7. The molecule has 174 valence electrons. The van der Waals surface area contributed by atoms with E-state index in [9.17, 15) is 9.59 Å². The van der Waals surface area contributed by atoms with Crippen LogP contribution in [0.25, 0.3) is 0 Å². The molecule has 0 spiro atoms. The predicted molar refractivity (Wildman–Crippen MR) is 121 cm³/mol. The minimum Gasteiger partial charge on any atom is -0.440 e. The highest BCUT2D eigenvalue weighted by Gasteiger charge is 2.45. The Bertz CT molecular complexity index is 968. The molecule has 0 bridgehead atoms. The lowest BCUT2D eigenvalue weighted by molar-refractivity contribution is -0.133. The number of carbonyl (C=O) groups excluding carboxylic acids is 2. The molecule has 0 aliphatic carbocycles. The molecule has 1 aromatic heterocycles. The van der Waals surface area contributed by atoms with Crippen molar-refractivity contribution < 1.29 is 19.1 Å². The number of methoxy groups -OCH3 is 1. The molecule has 1 aromatic carbocycles. The number of anilines is 1. The summed E-state index contributed by atoms with van der Waals surface area (Å²) in [5.41, 5.74) is 0.771. The summed E-state index contributed by atoms with van der Waals surface area (Å²) < 4.78 is 11.2. The minimum absolute atomic E-state index is 0.268. The van der Waals surface area contributed by atoms with Gasteiger partial charge in [0.2, 0.25) is 0 Å². The van der Waals surface area contributed by atoms with Gasteiger partial charge in [0.25, 0.3) is 5.91 Å². The van der Waals surface area contributed by atoms with Crippen molar-refractivity contribution in [2.24, 2.45) is 0 Å². The number of hydrogen-bond donors (Lipinski definition) is 2. The number of aromatic nitrogens is 2. The second kappa shape index (κ2) is 8.91. The van der Waals surface area contributed by atoms with Crippen LogP contribution in [0, 0.1) is 0 Å². The maximum Gasteiger partial charge on any atom is 0.411 e. The molecule has 1 atom stereocenters. The van der Waals surface area contributed by atoms with Crippen LogP contribution in [0.4, 0.5) is 10.6 Å². The third kappa shape index (κ3) is 4.63. The fraction of sp³-hybridized carbons (Fsp3) is 0.522. The van der Waals surface area contributed by atoms with Gasteiger partial charge in [-0.2, -0.15) is 5.10 Å². The molecular formula is C23H33N5O4. The van der Waals surface area contributed by atoms with Gasteiger partial charge in [-0.1, -0.05) is 30.3 Å². The second-order valence-corrected chi connectivity index (χ2v) is 9.28. The van der Waals surface area contributed by atoms with Gasteiger partial charge in [-0.05, 0) is 47.4 Å². The molecule has 0 fully saturated rings. The van der Waals surface area contributed by atoms with E-state index in [0.717, 1.165) is 16.8 Å². The number of hydrogen-bond acceptors (Lipinski definition) is 6. The van der Waals surface area contributed by atoms with E-state index in [1.54, 1.807) is 18.7 Å². The van der Waals surface area contributed by atoms with Crippen LogP contribution in [0.3, 0.4) is 0 Å². The van der Waals surface area contributed by atoms with Gasteiger partial charge in [0.05, 0.1) is 17.8 Å². The molecule has 0 unspecified atom stereocenters. The fourth-order valence-electron chi connectivity index (χ4n) is 3.66. The lowest BCUT2D eigenvalue weighted by Crippen LogP contribution is -2.42. The van der Waals surface area contributed by atoms with Gasteiger partial charge >= 0.3 is 6.09 Å². The van der Waals surface area contributed by atoms with Gasteiger partial charge in [0.1, 0.15) is 11.7 Å². The predicted octanol–water partition coefficient (Wildman–Crippen LogP) is 3.26. The molecule has 2 heterocycles. The zero-order valence-electron chi connectivity index (χ0n) is 19.9. The number of aromatic amines is 1. The maximum atomic E-state index is 13.3. The molecule has 2 N–H and O–H groups in total. The first-order valence-electron chi connectivity index (χ1n) is 10.6. The Kier molecular flexibility index (Phi) is 6.61. The van der Waals surface area contributed by atoms with Crippen molar-refractivity contribution in [2.75, 3.05) is 33.1 Å². The largest absolute Gasteiger partial charge is 0.440 e. The molecule has 9 nitrogen and oxygen atoms in total. The van der Waals surface area contributed by atoms with Gasteiger partial charge in [-0.15, -0.1) is 0 Å². The number of nitrogens with one attached hydrogen (secondary N) is 2. The summed E-state index contributed by atoms with van der Waals surface area (Å²) in [5.74, 6) is 0.0784. The van der Waals surface area contributed by atoms with Gasteiger partial charge < -0.3 is 19.7 Å². The maximum absolute atomic E-state index is 13.3. The summed E-state index contributed by atoms with van der Waals surface area (Å²) in [6.45, 7) is 8.03. The molecule has 0 radical (unpaired) electrons. The number of benzene rings is 1. The number of ether oxygens (including phenoxy) is 2. The lowest BCUT2D eigenvalue weighted by Gasteiger charge is -2.33. The Labute approximate surface area is 189 Å². The molecule has 0 saturated carbocycles. The number of fused-ring (bicyclic) bond motifs is 1. The Morgan fingerprint density at radius 3 is 2.53 bits per heavy atom. The number of nitrogens with zero attached hydrogens (tertiary/aromatic N) is 3. The number of H-pyrrole nitrogens is 1. The Hall–Kier alpha value is -2.91. The van der Waals surface area contributed by atoms with Gasteiger partial charge in [0, 0.05) is 19.2 Å². The van der Waals surface area contributed by atoms with Crippen molar-refractivity contribution in [1.29, 1.82) is 0 Å². The fourth-order valence-corrected chi connectivity index (χ4v) is 3.66. The van der Waals surface area contributed by atoms with Crippen molar-refractivity contribution >= 4 is 17.8 Å². The standard InChI is InChI=1S/C23H33N5O4/c1-22(2)18-16(19(26-25-18)24-20(29)23(3,4)31-7)13-28(22)21(30)32-17(14-27(5)6)15-11-9-8-10-12-15/h8-12,17H,13-14H2,1-7H3,(H2,24,25,26,29)/t17-/m1/s1. The van der Waals surface area contributed by atoms with Crippen LogP contribution in [0.5, 0.6) is 0 Å². The second-order valence-electron chi connectivity index (χ2n) is 9.28. The van der Waals surface area contributed by atoms with Crippen molar-refractivity contribution in [3.05, 3.63) is 47.2 Å². The molecule has 1 aliphatic rings. The molecule has 9 heteroatoms. The van der Waals surface area contributed by atoms with Crippen molar-refractivity contribution in [2.45, 2.75) is 51.5 Å². The molecule has 3 rings (SSSR count). The van der Waals surface area contributed by atoms with Crippen molar-refractivity contribution in [3.63, 3.8) is 0 Å². The Balaban J connectivity index is 1.80. The summed E-state index contributed by atoms with van der Waals surface area (Å²) in [6.07, 6.45) is -0.835. The van der Waals surface area contributed by atoms with Crippen LogP contribution in [0.2, 0.25) is 0 Å². The van der Waals surface area contributed by atoms with Crippen LogP contribution in [0.1, 0.15) is 50.6 Å². The van der Waals surface area contributed by atoms with Crippen LogP contribution in [-0.2, 0) is 26.4 Å². The van der Waals surface area contributed by atoms with Crippen LogP contribution >= 0.6 is 0 Å². The number of carbonyl (C=O) groups is 2. The van der Waals surface area contributed by atoms with E-state index in [-0.39, 0.29) is 12.5 Å². The Morgan fingerprint density at radius 1 is 1.28 bits per heavy atom. The highest BCUT2D eigenvalue weighted by molar-refractivity contribution is 5.96. The van der Waals surface area contributed by atoms with Crippen molar-refractivity contribution in [3.8, 4) is 0 Å². The normalized spacial score (nSPS) is 16.1. The molecule has 2 amide bonds. The SMILES string of the molecule is COC(C)(C)C(=O)Nc1n[nH]c2c1CN(C(=O)O[C@H](CN(C)C)c1ccccc1)C2(C)C. The molecular weight excluding hydrogens is 410 g/mol. The zero-order chi connectivity index (χ0) is 23.7. The van der Waals surface area contributed by atoms with Crippen LogP contribution in [-0.4, -0.2) is 65.3 Å². The van der Waals surface area contributed by atoms with Crippen molar-refractivity contribution in [1.82, 2.24) is 20.0 Å². The highest BCUT2D eigenvalue weighted by atomic mass is 16.6. The van der Waals surface area contributed by atoms with E-state index in [0.29, 0.717) is 12.4 Å². The summed E-state index contributed by atoms with van der Waals surface area (Å²) in [7, 11) is 5.36. The summed E-state index contributed by atoms with van der Waals surface area (Å²) in [6, 6.07) is 9.70. The van der Waals surface area contributed by atoms with Gasteiger partial charge in [-0.25, -0.2) is 4.79 Å². The average Bonchev–Trinajstić information content (AvgIpc) is 3.26. The molecule has 32 heavy (non-hydrogen) atoms. The summed E-state index contributed by atoms with van der Waals surface area (Å²) in [4.78, 5) is 29.5.